The Kier molecular flexibility index (Phi) is 3.37. The molecule has 0 aromatic heterocycles. The fourth-order valence-electron chi connectivity index (χ4n) is 1.73. The van der Waals surface area contributed by atoms with E-state index in [1.807, 2.05) is 12.1 Å². The van der Waals surface area contributed by atoms with Gasteiger partial charge in [0.1, 0.15) is 5.75 Å². The number of allylic oxidation sites excluding steroid dienone is 1. The van der Waals surface area contributed by atoms with E-state index in [9.17, 15) is 5.11 Å². The van der Waals surface area contributed by atoms with Gasteiger partial charge >= 0.3 is 0 Å². The molecule has 0 saturated carbocycles. The van der Waals surface area contributed by atoms with E-state index in [-0.39, 0.29) is 11.9 Å². The van der Waals surface area contributed by atoms with Crippen molar-refractivity contribution in [3.8, 4) is 5.75 Å². The first-order chi connectivity index (χ1) is 7.78. The maximum Gasteiger partial charge on any atom is 0.117 e. The Morgan fingerprint density at radius 1 is 1.44 bits per heavy atom. The summed E-state index contributed by atoms with van der Waals surface area (Å²) in [6.07, 6.45) is 6.07. The molecule has 0 spiro atoms. The van der Waals surface area contributed by atoms with Crippen LogP contribution in [0, 0.1) is 0 Å². The van der Waals surface area contributed by atoms with Crippen LogP contribution in [0.15, 0.2) is 41.4 Å². The molecule has 3 nitrogen and oxygen atoms in total. The van der Waals surface area contributed by atoms with Crippen LogP contribution in [0.4, 0.5) is 5.69 Å². The van der Waals surface area contributed by atoms with Gasteiger partial charge in [-0.05, 0) is 24.6 Å². The Morgan fingerprint density at radius 3 is 3.06 bits per heavy atom. The van der Waals surface area contributed by atoms with Crippen LogP contribution in [0.25, 0.3) is 0 Å². The molecule has 0 heterocycles. The van der Waals surface area contributed by atoms with Gasteiger partial charge in [-0.2, -0.15) is 0 Å². The SMILES string of the molecule is COC1CC=CC(=Nc2cccc(O)c2)C1. The number of rotatable bonds is 2. The van der Waals surface area contributed by atoms with Gasteiger partial charge in [0.15, 0.2) is 0 Å². The average molecular weight is 217 g/mol. The third-order valence-electron chi connectivity index (χ3n) is 2.58. The smallest absolute Gasteiger partial charge is 0.117 e. The number of ether oxygens (including phenoxy) is 1. The molecule has 0 saturated heterocycles. The van der Waals surface area contributed by atoms with E-state index in [1.54, 1.807) is 25.3 Å². The summed E-state index contributed by atoms with van der Waals surface area (Å²) in [4.78, 5) is 4.47. The zero-order valence-electron chi connectivity index (χ0n) is 9.26. The van der Waals surface area contributed by atoms with Gasteiger partial charge in [0.25, 0.3) is 0 Å². The normalized spacial score (nSPS) is 22.6. The minimum atomic E-state index is 0.223. The highest BCUT2D eigenvalue weighted by molar-refractivity contribution is 5.97. The highest BCUT2D eigenvalue weighted by Crippen LogP contribution is 2.21. The Labute approximate surface area is 95.1 Å². The van der Waals surface area contributed by atoms with Gasteiger partial charge in [0.05, 0.1) is 11.8 Å². The van der Waals surface area contributed by atoms with Crippen molar-refractivity contribution in [3.63, 3.8) is 0 Å². The van der Waals surface area contributed by atoms with Gasteiger partial charge in [0, 0.05) is 25.3 Å². The fraction of sp³-hybridized carbons (Fsp3) is 0.308. The molecular formula is C13H15NO2. The molecular weight excluding hydrogens is 202 g/mol. The summed E-state index contributed by atoms with van der Waals surface area (Å²) in [6, 6.07) is 6.95. The van der Waals surface area contributed by atoms with Crippen LogP contribution in [0.1, 0.15) is 12.8 Å². The van der Waals surface area contributed by atoms with E-state index in [0.717, 1.165) is 24.2 Å². The minimum Gasteiger partial charge on any atom is -0.508 e. The lowest BCUT2D eigenvalue weighted by atomic mass is 10.0. The van der Waals surface area contributed by atoms with Crippen LogP contribution in [-0.4, -0.2) is 24.0 Å². The molecule has 0 bridgehead atoms. The van der Waals surface area contributed by atoms with Gasteiger partial charge in [-0.3, -0.25) is 4.99 Å². The van der Waals surface area contributed by atoms with E-state index in [4.69, 9.17) is 4.74 Å². The highest BCUT2D eigenvalue weighted by atomic mass is 16.5. The third kappa shape index (κ3) is 2.70. The van der Waals surface area contributed by atoms with Gasteiger partial charge in [-0.1, -0.05) is 12.1 Å². The van der Waals surface area contributed by atoms with Crippen molar-refractivity contribution < 1.29 is 9.84 Å². The molecule has 1 aliphatic rings. The van der Waals surface area contributed by atoms with Crippen LogP contribution < -0.4 is 0 Å². The maximum absolute atomic E-state index is 9.33. The second-order valence-electron chi connectivity index (χ2n) is 3.82. The molecule has 84 valence electrons. The van der Waals surface area contributed by atoms with Gasteiger partial charge < -0.3 is 9.84 Å². The zero-order chi connectivity index (χ0) is 11.4. The molecule has 0 aliphatic heterocycles. The molecule has 1 aromatic rings. The highest BCUT2D eigenvalue weighted by Gasteiger charge is 2.12. The lowest BCUT2D eigenvalue weighted by Gasteiger charge is -2.17. The molecule has 0 radical (unpaired) electrons. The predicted molar refractivity (Wildman–Crippen MR) is 64.4 cm³/mol. The van der Waals surface area contributed by atoms with Crippen molar-refractivity contribution in [1.82, 2.24) is 0 Å². The Morgan fingerprint density at radius 2 is 2.31 bits per heavy atom. The molecule has 0 fully saturated rings. The summed E-state index contributed by atoms with van der Waals surface area (Å²) < 4.78 is 5.30. The van der Waals surface area contributed by atoms with E-state index in [1.165, 1.54) is 0 Å². The molecule has 1 aliphatic carbocycles. The average Bonchev–Trinajstić information content (AvgIpc) is 2.29. The van der Waals surface area contributed by atoms with Crippen molar-refractivity contribution in [2.45, 2.75) is 18.9 Å². The summed E-state index contributed by atoms with van der Waals surface area (Å²) >= 11 is 0. The number of benzene rings is 1. The molecule has 1 unspecified atom stereocenters. The minimum absolute atomic E-state index is 0.223. The number of methoxy groups -OCH3 is 1. The lowest BCUT2D eigenvalue weighted by molar-refractivity contribution is 0.110. The van der Waals surface area contributed by atoms with Crippen LogP contribution in [-0.2, 0) is 4.74 Å². The van der Waals surface area contributed by atoms with Crippen LogP contribution in [0.3, 0.4) is 0 Å². The number of aliphatic imine (C=N–C) groups is 1. The largest absolute Gasteiger partial charge is 0.508 e. The molecule has 1 N–H and O–H groups in total. The quantitative estimate of drug-likeness (QED) is 0.827. The monoisotopic (exact) mass is 217 g/mol. The Balaban J connectivity index is 2.18. The lowest BCUT2D eigenvalue weighted by Crippen LogP contribution is -2.17. The van der Waals surface area contributed by atoms with Crippen molar-refractivity contribution in [2.24, 2.45) is 4.99 Å². The van der Waals surface area contributed by atoms with Crippen LogP contribution >= 0.6 is 0 Å². The molecule has 3 heteroatoms. The number of hydrogen-bond donors (Lipinski definition) is 1. The van der Waals surface area contributed by atoms with E-state index in [0.29, 0.717) is 0 Å². The zero-order valence-corrected chi connectivity index (χ0v) is 9.26. The number of aromatic hydroxyl groups is 1. The first-order valence-corrected chi connectivity index (χ1v) is 5.34. The van der Waals surface area contributed by atoms with E-state index >= 15 is 0 Å². The number of hydrogen-bond acceptors (Lipinski definition) is 3. The molecule has 0 amide bonds. The standard InChI is InChI=1S/C13H15NO2/c1-16-13-7-3-5-11(9-13)14-10-4-2-6-12(15)8-10/h2-6,8,13,15H,7,9H2,1H3. The van der Waals surface area contributed by atoms with Crippen molar-refractivity contribution >= 4 is 11.4 Å². The number of phenolic OH excluding ortho intramolecular Hbond substituents is 1. The Bertz CT molecular complexity index is 424. The third-order valence-corrected chi connectivity index (χ3v) is 2.58. The van der Waals surface area contributed by atoms with Crippen LogP contribution in [0.2, 0.25) is 0 Å². The summed E-state index contributed by atoms with van der Waals surface area (Å²) in [7, 11) is 1.72. The first-order valence-electron chi connectivity index (χ1n) is 5.34. The van der Waals surface area contributed by atoms with Gasteiger partial charge in [-0.15, -0.1) is 0 Å². The topological polar surface area (TPSA) is 41.8 Å². The number of nitrogens with zero attached hydrogens (tertiary/aromatic N) is 1. The van der Waals surface area contributed by atoms with Crippen molar-refractivity contribution in [3.05, 3.63) is 36.4 Å². The number of phenols is 1. The Hall–Kier alpha value is -1.61. The summed E-state index contributed by atoms with van der Waals surface area (Å²) in [5, 5.41) is 9.33. The van der Waals surface area contributed by atoms with Gasteiger partial charge in [0.2, 0.25) is 0 Å². The van der Waals surface area contributed by atoms with E-state index in [2.05, 4.69) is 11.1 Å². The summed E-state index contributed by atoms with van der Waals surface area (Å²) in [5.74, 6) is 0.241. The van der Waals surface area contributed by atoms with Crippen molar-refractivity contribution in [1.29, 1.82) is 0 Å². The van der Waals surface area contributed by atoms with E-state index < -0.39 is 0 Å². The second-order valence-corrected chi connectivity index (χ2v) is 3.82. The van der Waals surface area contributed by atoms with Gasteiger partial charge in [-0.25, -0.2) is 0 Å². The summed E-state index contributed by atoms with van der Waals surface area (Å²) in [6.45, 7) is 0. The second kappa shape index (κ2) is 4.94. The first kappa shape index (κ1) is 10.9. The fourth-order valence-corrected chi connectivity index (χ4v) is 1.73. The van der Waals surface area contributed by atoms with Crippen molar-refractivity contribution in [2.75, 3.05) is 7.11 Å². The summed E-state index contributed by atoms with van der Waals surface area (Å²) in [5.41, 5.74) is 1.76. The molecule has 2 rings (SSSR count). The predicted octanol–water partition coefficient (Wildman–Crippen LogP) is 2.83. The molecule has 16 heavy (non-hydrogen) atoms. The maximum atomic E-state index is 9.33. The molecule has 1 atom stereocenters. The molecule has 1 aromatic carbocycles. The van der Waals surface area contributed by atoms with Crippen LogP contribution in [0.5, 0.6) is 5.75 Å².